The van der Waals surface area contributed by atoms with Crippen LogP contribution in [0.1, 0.15) is 5.56 Å². The van der Waals surface area contributed by atoms with Crippen molar-refractivity contribution in [2.24, 2.45) is 0 Å². The molecule has 8 heteroatoms. The standard InChI is InChI=1S/C8H7ClN6S/c9-7-6(5-10)8(16-13-7)11-1-3-15-4-2-12-14-15/h2,4,11H,1,3H2. The maximum Gasteiger partial charge on any atom is 0.162 e. The van der Waals surface area contributed by atoms with Crippen molar-refractivity contribution in [3.05, 3.63) is 23.1 Å². The fraction of sp³-hybridized carbons (Fsp3) is 0.250. The lowest BCUT2D eigenvalue weighted by Crippen LogP contribution is -2.10. The minimum absolute atomic E-state index is 0.246. The van der Waals surface area contributed by atoms with Gasteiger partial charge in [-0.15, -0.1) is 5.10 Å². The minimum atomic E-state index is 0.246. The number of aromatic nitrogens is 4. The van der Waals surface area contributed by atoms with E-state index >= 15 is 0 Å². The van der Waals surface area contributed by atoms with Gasteiger partial charge in [0.15, 0.2) is 5.15 Å². The second kappa shape index (κ2) is 4.92. The molecule has 2 aromatic rings. The van der Waals surface area contributed by atoms with Crippen LogP contribution in [0.5, 0.6) is 0 Å². The van der Waals surface area contributed by atoms with Crippen LogP contribution in [-0.2, 0) is 6.54 Å². The molecule has 0 aliphatic carbocycles. The zero-order valence-corrected chi connectivity index (χ0v) is 9.66. The Balaban J connectivity index is 1.93. The summed E-state index contributed by atoms with van der Waals surface area (Å²) in [5.41, 5.74) is 0.394. The summed E-state index contributed by atoms with van der Waals surface area (Å²) in [6.07, 6.45) is 3.39. The lowest BCUT2D eigenvalue weighted by molar-refractivity contribution is 0.609. The lowest BCUT2D eigenvalue weighted by atomic mass is 10.4. The molecule has 0 radical (unpaired) electrons. The lowest BCUT2D eigenvalue weighted by Gasteiger charge is -2.02. The molecule has 2 aromatic heterocycles. The Bertz CT molecular complexity index is 499. The summed E-state index contributed by atoms with van der Waals surface area (Å²) in [5.74, 6) is 0. The average Bonchev–Trinajstić information content (AvgIpc) is 2.89. The van der Waals surface area contributed by atoms with Crippen LogP contribution in [0, 0.1) is 11.3 Å². The molecular weight excluding hydrogens is 248 g/mol. The van der Waals surface area contributed by atoms with Crippen LogP contribution in [-0.4, -0.2) is 25.9 Å². The van der Waals surface area contributed by atoms with Gasteiger partial charge in [-0.1, -0.05) is 16.8 Å². The van der Waals surface area contributed by atoms with Gasteiger partial charge in [-0.2, -0.15) is 9.64 Å². The SMILES string of the molecule is N#Cc1c(Cl)nsc1NCCn1ccnn1. The number of hydrogen-bond acceptors (Lipinski definition) is 6. The number of anilines is 1. The molecule has 0 unspecified atom stereocenters. The van der Waals surface area contributed by atoms with Crippen molar-refractivity contribution < 1.29 is 0 Å². The molecular formula is C8H7ClN6S. The smallest absolute Gasteiger partial charge is 0.162 e. The van der Waals surface area contributed by atoms with E-state index in [1.165, 1.54) is 11.5 Å². The van der Waals surface area contributed by atoms with Gasteiger partial charge < -0.3 is 5.32 Å². The summed E-state index contributed by atoms with van der Waals surface area (Å²) >= 11 is 6.91. The number of halogens is 1. The highest BCUT2D eigenvalue weighted by atomic mass is 35.5. The fourth-order valence-corrected chi connectivity index (χ4v) is 2.08. The highest BCUT2D eigenvalue weighted by Gasteiger charge is 2.10. The summed E-state index contributed by atoms with van der Waals surface area (Å²) in [6.45, 7) is 1.30. The molecule has 16 heavy (non-hydrogen) atoms. The molecule has 0 amide bonds. The van der Waals surface area contributed by atoms with Gasteiger partial charge >= 0.3 is 0 Å². The van der Waals surface area contributed by atoms with E-state index in [2.05, 4.69) is 20.0 Å². The topological polar surface area (TPSA) is 79.4 Å². The van der Waals surface area contributed by atoms with Crippen LogP contribution in [0.15, 0.2) is 12.4 Å². The van der Waals surface area contributed by atoms with E-state index < -0.39 is 0 Å². The third-order valence-electron chi connectivity index (χ3n) is 1.86. The van der Waals surface area contributed by atoms with Crippen molar-refractivity contribution in [3.63, 3.8) is 0 Å². The van der Waals surface area contributed by atoms with Crippen LogP contribution in [0.2, 0.25) is 5.15 Å². The predicted molar refractivity (Wildman–Crippen MR) is 60.4 cm³/mol. The van der Waals surface area contributed by atoms with Crippen LogP contribution >= 0.6 is 23.1 Å². The molecule has 2 heterocycles. The zero-order chi connectivity index (χ0) is 11.4. The molecule has 0 aromatic carbocycles. The minimum Gasteiger partial charge on any atom is -0.373 e. The molecule has 0 fully saturated rings. The fourth-order valence-electron chi connectivity index (χ4n) is 1.12. The van der Waals surface area contributed by atoms with Gasteiger partial charge in [0, 0.05) is 12.7 Å². The second-order valence-corrected chi connectivity index (χ2v) is 4.01. The van der Waals surface area contributed by atoms with Crippen LogP contribution in [0.3, 0.4) is 0 Å². The maximum absolute atomic E-state index is 8.84. The van der Waals surface area contributed by atoms with Crippen molar-refractivity contribution in [3.8, 4) is 6.07 Å². The number of nitrogens with one attached hydrogen (secondary N) is 1. The third kappa shape index (κ3) is 2.29. The molecule has 82 valence electrons. The molecule has 0 aliphatic rings. The van der Waals surface area contributed by atoms with E-state index in [0.717, 1.165) is 0 Å². The maximum atomic E-state index is 8.84. The van der Waals surface area contributed by atoms with Crippen molar-refractivity contribution in [2.45, 2.75) is 6.54 Å². The molecule has 0 spiro atoms. The predicted octanol–water partition coefficient (Wildman–Crippen LogP) is 1.37. The first-order valence-electron chi connectivity index (χ1n) is 4.44. The van der Waals surface area contributed by atoms with Crippen molar-refractivity contribution in [1.29, 1.82) is 5.26 Å². The normalized spacial score (nSPS) is 10.0. The molecule has 6 nitrogen and oxygen atoms in total. The summed E-state index contributed by atoms with van der Waals surface area (Å²) in [6, 6.07) is 2.01. The molecule has 0 saturated carbocycles. The molecule has 0 aliphatic heterocycles. The van der Waals surface area contributed by atoms with Gasteiger partial charge in [0.2, 0.25) is 0 Å². The first-order valence-corrected chi connectivity index (χ1v) is 5.59. The highest BCUT2D eigenvalue weighted by molar-refractivity contribution is 7.10. The molecule has 0 atom stereocenters. The Morgan fingerprint density at radius 2 is 2.50 bits per heavy atom. The second-order valence-electron chi connectivity index (χ2n) is 2.88. The van der Waals surface area contributed by atoms with Crippen molar-refractivity contribution in [2.75, 3.05) is 11.9 Å². The average molecular weight is 255 g/mol. The molecule has 2 rings (SSSR count). The van der Waals surface area contributed by atoms with Gasteiger partial charge in [-0.25, -0.2) is 0 Å². The first kappa shape index (κ1) is 10.9. The molecule has 0 saturated heterocycles. The Labute approximate surface area is 101 Å². The van der Waals surface area contributed by atoms with E-state index in [4.69, 9.17) is 16.9 Å². The zero-order valence-electron chi connectivity index (χ0n) is 8.09. The van der Waals surface area contributed by atoms with E-state index in [1.807, 2.05) is 6.07 Å². The van der Waals surface area contributed by atoms with Crippen LogP contribution in [0.4, 0.5) is 5.00 Å². The van der Waals surface area contributed by atoms with Gasteiger partial charge in [0.05, 0.1) is 12.7 Å². The molecule has 0 bridgehead atoms. The van der Waals surface area contributed by atoms with Gasteiger partial charge in [0.1, 0.15) is 16.6 Å². The third-order valence-corrected chi connectivity index (χ3v) is 3.04. The highest BCUT2D eigenvalue weighted by Crippen LogP contribution is 2.27. The van der Waals surface area contributed by atoms with E-state index in [1.54, 1.807) is 17.1 Å². The Morgan fingerprint density at radius 1 is 1.62 bits per heavy atom. The Kier molecular flexibility index (Phi) is 3.34. The van der Waals surface area contributed by atoms with Gasteiger partial charge in [-0.3, -0.25) is 4.68 Å². The molecule has 1 N–H and O–H groups in total. The summed E-state index contributed by atoms with van der Waals surface area (Å²) in [4.78, 5) is 0. The summed E-state index contributed by atoms with van der Waals surface area (Å²) < 4.78 is 5.59. The van der Waals surface area contributed by atoms with Crippen molar-refractivity contribution in [1.82, 2.24) is 19.4 Å². The van der Waals surface area contributed by atoms with Crippen LogP contribution in [0.25, 0.3) is 0 Å². The van der Waals surface area contributed by atoms with Crippen molar-refractivity contribution >= 4 is 28.1 Å². The Morgan fingerprint density at radius 3 is 3.19 bits per heavy atom. The number of rotatable bonds is 4. The Hall–Kier alpha value is -1.65. The quantitative estimate of drug-likeness (QED) is 0.891. The number of nitrogens with zero attached hydrogens (tertiary/aromatic N) is 5. The van der Waals surface area contributed by atoms with E-state index in [0.29, 0.717) is 23.7 Å². The van der Waals surface area contributed by atoms with Gasteiger partial charge in [-0.05, 0) is 11.5 Å². The monoisotopic (exact) mass is 254 g/mol. The van der Waals surface area contributed by atoms with E-state index in [-0.39, 0.29) is 5.15 Å². The summed E-state index contributed by atoms with van der Waals surface area (Å²) in [7, 11) is 0. The van der Waals surface area contributed by atoms with Gasteiger partial charge in [0.25, 0.3) is 0 Å². The largest absolute Gasteiger partial charge is 0.373 e. The number of hydrogen-bond donors (Lipinski definition) is 1. The van der Waals surface area contributed by atoms with Crippen LogP contribution < -0.4 is 5.32 Å². The summed E-state index contributed by atoms with van der Waals surface area (Å²) in [5, 5.41) is 20.4. The number of nitriles is 1. The van der Waals surface area contributed by atoms with E-state index in [9.17, 15) is 0 Å². The first-order chi connectivity index (χ1) is 7.81.